The molecule has 0 aliphatic carbocycles. The van der Waals surface area contributed by atoms with Crippen LogP contribution in [0.25, 0.3) is 0 Å². The topological polar surface area (TPSA) is 66.4 Å². The van der Waals surface area contributed by atoms with Gasteiger partial charge >= 0.3 is 5.97 Å². The van der Waals surface area contributed by atoms with Crippen LogP contribution in [0, 0.1) is 5.82 Å². The molecule has 98 valence electrons. The van der Waals surface area contributed by atoms with Crippen LogP contribution in [-0.2, 0) is 9.59 Å². The lowest BCUT2D eigenvalue weighted by molar-refractivity contribution is -0.137. The zero-order valence-corrected chi connectivity index (χ0v) is 10.1. The molecule has 0 fully saturated rings. The highest BCUT2D eigenvalue weighted by atomic mass is 19.1. The Kier molecular flexibility index (Phi) is 5.30. The van der Waals surface area contributed by atoms with Gasteiger partial charge in [0.1, 0.15) is 5.82 Å². The number of halogens is 1. The van der Waals surface area contributed by atoms with E-state index in [1.54, 1.807) is 19.1 Å². The molecule has 1 atom stereocenters. The summed E-state index contributed by atoms with van der Waals surface area (Å²) in [5, 5.41) is 11.1. The minimum absolute atomic E-state index is 0.0260. The van der Waals surface area contributed by atoms with Gasteiger partial charge < -0.3 is 10.4 Å². The Morgan fingerprint density at radius 2 is 2.11 bits per heavy atom. The lowest BCUT2D eigenvalue weighted by Crippen LogP contribution is -2.26. The fraction of sp³-hybridized carbons (Fsp3) is 0.385. The van der Waals surface area contributed by atoms with Crippen LogP contribution in [0.3, 0.4) is 0 Å². The molecule has 0 radical (unpaired) electrons. The number of nitrogens with one attached hydrogen (secondary N) is 1. The molecule has 4 nitrogen and oxygen atoms in total. The van der Waals surface area contributed by atoms with Crippen molar-refractivity contribution in [1.29, 1.82) is 0 Å². The van der Waals surface area contributed by atoms with Gasteiger partial charge in [-0.1, -0.05) is 12.1 Å². The number of carboxylic acids is 1. The third-order valence-corrected chi connectivity index (χ3v) is 2.52. The van der Waals surface area contributed by atoms with Gasteiger partial charge in [-0.25, -0.2) is 4.39 Å². The first-order valence-electron chi connectivity index (χ1n) is 5.75. The Bertz CT molecular complexity index is 434. The molecule has 0 aromatic heterocycles. The molecule has 18 heavy (non-hydrogen) atoms. The van der Waals surface area contributed by atoms with Crippen LogP contribution in [0.5, 0.6) is 0 Å². The first-order valence-corrected chi connectivity index (χ1v) is 5.75. The van der Waals surface area contributed by atoms with E-state index in [-0.39, 0.29) is 30.6 Å². The van der Waals surface area contributed by atoms with Gasteiger partial charge in [-0.2, -0.15) is 0 Å². The molecule has 0 heterocycles. The third-order valence-electron chi connectivity index (χ3n) is 2.52. The zero-order chi connectivity index (χ0) is 13.5. The number of amides is 1. The minimum atomic E-state index is -0.916. The van der Waals surface area contributed by atoms with E-state index in [0.29, 0.717) is 12.0 Å². The van der Waals surface area contributed by atoms with Gasteiger partial charge in [-0.3, -0.25) is 9.59 Å². The second-order valence-electron chi connectivity index (χ2n) is 4.09. The van der Waals surface area contributed by atoms with Crippen molar-refractivity contribution in [3.63, 3.8) is 0 Å². The lowest BCUT2D eigenvalue weighted by atomic mass is 10.1. The Hall–Kier alpha value is -1.91. The monoisotopic (exact) mass is 253 g/mol. The second kappa shape index (κ2) is 6.74. The quantitative estimate of drug-likeness (QED) is 0.817. The van der Waals surface area contributed by atoms with E-state index in [9.17, 15) is 14.0 Å². The van der Waals surface area contributed by atoms with Crippen molar-refractivity contribution >= 4 is 11.9 Å². The minimum Gasteiger partial charge on any atom is -0.481 e. The molecule has 1 rings (SSSR count). The number of carbonyl (C=O) groups is 2. The van der Waals surface area contributed by atoms with Crippen molar-refractivity contribution in [3.05, 3.63) is 35.6 Å². The summed E-state index contributed by atoms with van der Waals surface area (Å²) in [4.78, 5) is 21.8. The van der Waals surface area contributed by atoms with Crippen LogP contribution in [0.1, 0.15) is 37.8 Å². The standard InChI is InChI=1S/C13H16FNO3/c1-9(10-4-2-5-11(14)8-10)15-12(16)6-3-7-13(17)18/h2,4-5,8-9H,3,6-7H2,1H3,(H,15,16)(H,17,18). The predicted molar refractivity (Wildman–Crippen MR) is 64.4 cm³/mol. The van der Waals surface area contributed by atoms with E-state index in [1.165, 1.54) is 12.1 Å². The average Bonchev–Trinajstić information content (AvgIpc) is 2.28. The number of hydrogen-bond acceptors (Lipinski definition) is 2. The molecule has 2 N–H and O–H groups in total. The van der Waals surface area contributed by atoms with Crippen molar-refractivity contribution in [2.75, 3.05) is 0 Å². The van der Waals surface area contributed by atoms with Gasteiger partial charge in [0.05, 0.1) is 6.04 Å². The summed E-state index contributed by atoms with van der Waals surface area (Å²) in [6.45, 7) is 1.75. The summed E-state index contributed by atoms with van der Waals surface area (Å²) in [5.41, 5.74) is 0.682. The molecular weight excluding hydrogens is 237 g/mol. The van der Waals surface area contributed by atoms with Crippen molar-refractivity contribution in [2.24, 2.45) is 0 Å². The van der Waals surface area contributed by atoms with Gasteiger partial charge in [-0.05, 0) is 31.0 Å². The second-order valence-corrected chi connectivity index (χ2v) is 4.09. The van der Waals surface area contributed by atoms with Gasteiger partial charge in [0.25, 0.3) is 0 Å². The molecule has 1 aromatic rings. The van der Waals surface area contributed by atoms with Crippen molar-refractivity contribution in [3.8, 4) is 0 Å². The van der Waals surface area contributed by atoms with Crippen LogP contribution in [0.15, 0.2) is 24.3 Å². The molecular formula is C13H16FNO3. The molecule has 1 unspecified atom stereocenters. The summed E-state index contributed by atoms with van der Waals surface area (Å²) in [5.74, 6) is -1.49. The van der Waals surface area contributed by atoms with Crippen molar-refractivity contribution < 1.29 is 19.1 Å². The first kappa shape index (κ1) is 14.2. The normalized spacial score (nSPS) is 11.9. The fourth-order valence-corrected chi connectivity index (χ4v) is 1.57. The fourth-order valence-electron chi connectivity index (χ4n) is 1.57. The highest BCUT2D eigenvalue weighted by molar-refractivity contribution is 5.77. The first-order chi connectivity index (χ1) is 8.49. The Morgan fingerprint density at radius 1 is 1.39 bits per heavy atom. The predicted octanol–water partition coefficient (Wildman–Crippen LogP) is 2.26. The van der Waals surface area contributed by atoms with Gasteiger partial charge in [0.2, 0.25) is 5.91 Å². The van der Waals surface area contributed by atoms with Crippen LogP contribution in [0.4, 0.5) is 4.39 Å². The van der Waals surface area contributed by atoms with Crippen molar-refractivity contribution in [1.82, 2.24) is 5.32 Å². The van der Waals surface area contributed by atoms with Gasteiger partial charge in [0.15, 0.2) is 0 Å². The largest absolute Gasteiger partial charge is 0.481 e. The molecule has 0 aliphatic heterocycles. The SMILES string of the molecule is CC(NC(=O)CCCC(=O)O)c1cccc(F)c1. The molecule has 0 saturated carbocycles. The maximum Gasteiger partial charge on any atom is 0.303 e. The number of carbonyl (C=O) groups excluding carboxylic acids is 1. The number of carboxylic acid groups (broad SMARTS) is 1. The molecule has 0 spiro atoms. The maximum atomic E-state index is 13.0. The van der Waals surface area contributed by atoms with Crippen molar-refractivity contribution in [2.45, 2.75) is 32.2 Å². The Balaban J connectivity index is 2.42. The molecule has 0 bridgehead atoms. The average molecular weight is 253 g/mol. The van der Waals surface area contributed by atoms with E-state index in [2.05, 4.69) is 5.32 Å². The molecule has 0 aliphatic rings. The third kappa shape index (κ3) is 4.95. The number of rotatable bonds is 6. The summed E-state index contributed by atoms with van der Waals surface area (Å²) >= 11 is 0. The summed E-state index contributed by atoms with van der Waals surface area (Å²) in [6, 6.07) is 5.72. The smallest absolute Gasteiger partial charge is 0.303 e. The number of aliphatic carboxylic acids is 1. The van der Waals surface area contributed by atoms with E-state index in [1.807, 2.05) is 0 Å². The Labute approximate surface area is 105 Å². The van der Waals surface area contributed by atoms with Crippen LogP contribution < -0.4 is 5.32 Å². The van der Waals surface area contributed by atoms with Gasteiger partial charge in [-0.15, -0.1) is 0 Å². The van der Waals surface area contributed by atoms with E-state index in [0.717, 1.165) is 0 Å². The number of hydrogen-bond donors (Lipinski definition) is 2. The van der Waals surface area contributed by atoms with Crippen LogP contribution in [0.2, 0.25) is 0 Å². The summed E-state index contributed by atoms with van der Waals surface area (Å²) < 4.78 is 13.0. The van der Waals surface area contributed by atoms with E-state index in [4.69, 9.17) is 5.11 Å². The highest BCUT2D eigenvalue weighted by Crippen LogP contribution is 2.13. The summed E-state index contributed by atoms with van der Waals surface area (Å²) in [6.07, 6.45) is 0.435. The zero-order valence-electron chi connectivity index (χ0n) is 10.1. The van der Waals surface area contributed by atoms with E-state index >= 15 is 0 Å². The van der Waals surface area contributed by atoms with Crippen LogP contribution in [-0.4, -0.2) is 17.0 Å². The molecule has 1 aromatic carbocycles. The van der Waals surface area contributed by atoms with Crippen LogP contribution >= 0.6 is 0 Å². The van der Waals surface area contributed by atoms with E-state index < -0.39 is 5.97 Å². The number of benzene rings is 1. The summed E-state index contributed by atoms with van der Waals surface area (Å²) in [7, 11) is 0. The molecule has 1 amide bonds. The highest BCUT2D eigenvalue weighted by Gasteiger charge is 2.10. The van der Waals surface area contributed by atoms with Gasteiger partial charge in [0, 0.05) is 12.8 Å². The molecule has 5 heteroatoms. The maximum absolute atomic E-state index is 13.0. The Morgan fingerprint density at radius 3 is 2.72 bits per heavy atom. The molecule has 0 saturated heterocycles. The lowest BCUT2D eigenvalue weighted by Gasteiger charge is -2.14.